The van der Waals surface area contributed by atoms with E-state index in [4.69, 9.17) is 5.26 Å². The second kappa shape index (κ2) is 7.46. The smallest absolute Gasteiger partial charge is 0.353 e. The van der Waals surface area contributed by atoms with Crippen molar-refractivity contribution in [3.63, 3.8) is 0 Å². The van der Waals surface area contributed by atoms with Crippen molar-refractivity contribution in [3.05, 3.63) is 53.8 Å². The minimum atomic E-state index is -4.60. The Morgan fingerprint density at radius 3 is 2.68 bits per heavy atom. The Labute approximate surface area is 126 Å². The lowest BCUT2D eigenvalue weighted by atomic mass is 10.1. The normalized spacial score (nSPS) is 11.7. The monoisotopic (exact) mass is 308 g/mol. The standard InChI is InChI=1S/C16H15F3N2O/c1-3-5-15(22)14(8-11(2)16(17,18)19)21-13-7-4-6-12(9-13)10-20/h4,6-9,21H,2-3,5H2,1H3/b14-8-. The summed E-state index contributed by atoms with van der Waals surface area (Å²) in [7, 11) is 0. The van der Waals surface area contributed by atoms with Crippen LogP contribution in [-0.4, -0.2) is 12.0 Å². The molecule has 0 atom stereocenters. The predicted octanol–water partition coefficient (Wildman–Crippen LogP) is 4.34. The van der Waals surface area contributed by atoms with Crippen LogP contribution in [0.25, 0.3) is 0 Å². The molecule has 0 aliphatic rings. The first kappa shape index (κ1) is 17.5. The average Bonchev–Trinajstić information content (AvgIpc) is 2.46. The Morgan fingerprint density at radius 1 is 1.45 bits per heavy atom. The Balaban J connectivity index is 3.11. The van der Waals surface area contributed by atoms with Crippen LogP contribution in [0.2, 0.25) is 0 Å². The van der Waals surface area contributed by atoms with Crippen LogP contribution in [0, 0.1) is 11.3 Å². The molecule has 0 spiro atoms. The van der Waals surface area contributed by atoms with Crippen LogP contribution in [0.15, 0.2) is 48.2 Å². The molecule has 0 saturated heterocycles. The maximum absolute atomic E-state index is 12.6. The van der Waals surface area contributed by atoms with Gasteiger partial charge >= 0.3 is 6.18 Å². The third kappa shape index (κ3) is 5.09. The Hall–Kier alpha value is -2.55. The minimum Gasteiger partial charge on any atom is -0.353 e. The fourth-order valence-corrected chi connectivity index (χ4v) is 1.63. The van der Waals surface area contributed by atoms with Gasteiger partial charge in [0.1, 0.15) is 0 Å². The molecule has 0 heterocycles. The average molecular weight is 308 g/mol. The van der Waals surface area contributed by atoms with E-state index < -0.39 is 17.5 Å². The van der Waals surface area contributed by atoms with Gasteiger partial charge in [0.25, 0.3) is 0 Å². The van der Waals surface area contributed by atoms with Crippen molar-refractivity contribution in [2.24, 2.45) is 0 Å². The van der Waals surface area contributed by atoms with Crippen LogP contribution in [0.1, 0.15) is 25.3 Å². The number of hydrogen-bond donors (Lipinski definition) is 1. The summed E-state index contributed by atoms with van der Waals surface area (Å²) in [4.78, 5) is 12.0. The lowest BCUT2D eigenvalue weighted by Gasteiger charge is -2.12. The summed E-state index contributed by atoms with van der Waals surface area (Å²) in [5.41, 5.74) is -0.609. The molecule has 0 saturated carbocycles. The zero-order valence-electron chi connectivity index (χ0n) is 12.0. The fourth-order valence-electron chi connectivity index (χ4n) is 1.63. The van der Waals surface area contributed by atoms with Gasteiger partial charge in [-0.2, -0.15) is 18.4 Å². The molecule has 0 radical (unpaired) electrons. The zero-order valence-corrected chi connectivity index (χ0v) is 12.0. The summed E-state index contributed by atoms with van der Waals surface area (Å²) in [6.07, 6.45) is -3.29. The van der Waals surface area contributed by atoms with Crippen LogP contribution in [0.3, 0.4) is 0 Å². The van der Waals surface area contributed by atoms with Crippen molar-refractivity contribution in [1.29, 1.82) is 5.26 Å². The van der Waals surface area contributed by atoms with Gasteiger partial charge in [0.2, 0.25) is 0 Å². The van der Waals surface area contributed by atoms with E-state index >= 15 is 0 Å². The highest BCUT2D eigenvalue weighted by molar-refractivity contribution is 5.98. The molecule has 1 aromatic carbocycles. The Morgan fingerprint density at radius 2 is 2.14 bits per heavy atom. The summed E-state index contributed by atoms with van der Waals surface area (Å²) in [6, 6.07) is 8.05. The van der Waals surface area contributed by atoms with Crippen LogP contribution >= 0.6 is 0 Å². The number of nitrogens with zero attached hydrogens (tertiary/aromatic N) is 1. The van der Waals surface area contributed by atoms with E-state index in [1.165, 1.54) is 6.07 Å². The summed E-state index contributed by atoms with van der Waals surface area (Å²) in [5.74, 6) is -0.449. The van der Waals surface area contributed by atoms with Crippen molar-refractivity contribution in [1.82, 2.24) is 0 Å². The largest absolute Gasteiger partial charge is 0.415 e. The quantitative estimate of drug-likeness (QED) is 0.628. The van der Waals surface area contributed by atoms with Crippen LogP contribution in [0.4, 0.5) is 18.9 Å². The number of halogens is 3. The molecule has 6 heteroatoms. The number of Topliss-reactive ketones (excluding diaryl/α,β-unsaturated/α-hetero) is 1. The molecule has 0 fully saturated rings. The highest BCUT2D eigenvalue weighted by Gasteiger charge is 2.31. The van der Waals surface area contributed by atoms with Gasteiger partial charge in [-0.1, -0.05) is 19.6 Å². The van der Waals surface area contributed by atoms with Gasteiger partial charge < -0.3 is 5.32 Å². The molecule has 1 aromatic rings. The highest BCUT2D eigenvalue weighted by atomic mass is 19.4. The maximum Gasteiger partial charge on any atom is 0.415 e. The number of alkyl halides is 3. The zero-order chi connectivity index (χ0) is 16.8. The molecular formula is C16H15F3N2O. The summed E-state index contributed by atoms with van der Waals surface area (Å²) in [5, 5.41) is 11.5. The second-order valence-corrected chi connectivity index (χ2v) is 4.57. The molecule has 0 aliphatic carbocycles. The highest BCUT2D eigenvalue weighted by Crippen LogP contribution is 2.26. The number of carbonyl (C=O) groups is 1. The summed E-state index contributed by atoms with van der Waals surface area (Å²) in [6.45, 7) is 4.69. The fraction of sp³-hybridized carbons (Fsp3) is 0.250. The van der Waals surface area contributed by atoms with Gasteiger partial charge in [0, 0.05) is 12.1 Å². The second-order valence-electron chi connectivity index (χ2n) is 4.57. The van der Waals surface area contributed by atoms with Gasteiger partial charge in [-0.3, -0.25) is 4.79 Å². The lowest BCUT2D eigenvalue weighted by Crippen LogP contribution is -2.15. The first-order valence-electron chi connectivity index (χ1n) is 6.56. The third-order valence-corrected chi connectivity index (χ3v) is 2.73. The van der Waals surface area contributed by atoms with Crippen molar-refractivity contribution < 1.29 is 18.0 Å². The number of ketones is 1. The number of benzene rings is 1. The molecule has 1 N–H and O–H groups in total. The van der Waals surface area contributed by atoms with Crippen LogP contribution in [-0.2, 0) is 4.79 Å². The van der Waals surface area contributed by atoms with E-state index in [1.54, 1.807) is 25.1 Å². The molecule has 3 nitrogen and oxygen atoms in total. The van der Waals surface area contributed by atoms with Gasteiger partial charge in [0.05, 0.1) is 22.9 Å². The number of carbonyl (C=O) groups excluding carboxylic acids is 1. The van der Waals surface area contributed by atoms with Gasteiger partial charge in [-0.25, -0.2) is 0 Å². The minimum absolute atomic E-state index is 0.113. The van der Waals surface area contributed by atoms with Crippen LogP contribution < -0.4 is 5.32 Å². The molecule has 22 heavy (non-hydrogen) atoms. The molecule has 0 aliphatic heterocycles. The maximum atomic E-state index is 12.6. The Bertz CT molecular complexity index is 640. The topological polar surface area (TPSA) is 52.9 Å². The van der Waals surface area contributed by atoms with E-state index in [-0.39, 0.29) is 12.1 Å². The molecule has 0 amide bonds. The third-order valence-electron chi connectivity index (χ3n) is 2.73. The molecular weight excluding hydrogens is 293 g/mol. The van der Waals surface area contributed by atoms with Crippen LogP contribution in [0.5, 0.6) is 0 Å². The molecule has 116 valence electrons. The van der Waals surface area contributed by atoms with Crippen molar-refractivity contribution in [2.45, 2.75) is 25.9 Å². The number of nitriles is 1. The number of anilines is 1. The van der Waals surface area contributed by atoms with E-state index in [2.05, 4.69) is 11.9 Å². The number of rotatable bonds is 6. The molecule has 0 aromatic heterocycles. The lowest BCUT2D eigenvalue weighted by molar-refractivity contribution is -0.115. The number of allylic oxidation sites excluding steroid dienone is 3. The van der Waals surface area contributed by atoms with E-state index in [0.29, 0.717) is 23.7 Å². The SMILES string of the molecule is C=C(/C=C(\Nc1cccc(C#N)c1)C(=O)CCC)C(F)(F)F. The van der Waals surface area contributed by atoms with Crippen molar-refractivity contribution in [2.75, 3.05) is 5.32 Å². The Kier molecular flexibility index (Phi) is 5.93. The van der Waals surface area contributed by atoms with E-state index in [9.17, 15) is 18.0 Å². The summed E-state index contributed by atoms with van der Waals surface area (Å²) < 4.78 is 37.8. The predicted molar refractivity (Wildman–Crippen MR) is 78.0 cm³/mol. The van der Waals surface area contributed by atoms with Gasteiger partial charge in [-0.15, -0.1) is 0 Å². The van der Waals surface area contributed by atoms with E-state index in [1.807, 2.05) is 6.07 Å². The van der Waals surface area contributed by atoms with Gasteiger partial charge in [-0.05, 0) is 30.7 Å². The first-order chi connectivity index (χ1) is 10.3. The molecule has 0 bridgehead atoms. The number of nitrogens with one attached hydrogen (secondary N) is 1. The van der Waals surface area contributed by atoms with Crippen molar-refractivity contribution in [3.8, 4) is 6.07 Å². The molecule has 1 rings (SSSR count). The molecule has 0 unspecified atom stereocenters. The van der Waals surface area contributed by atoms with Crippen molar-refractivity contribution >= 4 is 11.5 Å². The summed E-state index contributed by atoms with van der Waals surface area (Å²) >= 11 is 0. The van der Waals surface area contributed by atoms with E-state index in [0.717, 1.165) is 0 Å². The first-order valence-corrected chi connectivity index (χ1v) is 6.56. The van der Waals surface area contributed by atoms with Gasteiger partial charge in [0.15, 0.2) is 5.78 Å². The number of hydrogen-bond acceptors (Lipinski definition) is 3.